The quantitative estimate of drug-likeness (QED) is 0.831. The molecule has 0 heterocycles. The fraction of sp³-hybridized carbons (Fsp3) is 0.350. The first kappa shape index (κ1) is 17.1. The Morgan fingerprint density at radius 2 is 1.60 bits per heavy atom. The van der Waals surface area contributed by atoms with Crippen LogP contribution in [0.15, 0.2) is 42.5 Å². The predicted molar refractivity (Wildman–Crippen MR) is 96.6 cm³/mol. The van der Waals surface area contributed by atoms with Crippen LogP contribution in [0, 0.1) is 5.92 Å². The van der Waals surface area contributed by atoms with E-state index in [4.69, 9.17) is 14.2 Å². The second kappa shape index (κ2) is 7.47. The van der Waals surface area contributed by atoms with Crippen LogP contribution in [0.2, 0.25) is 0 Å². The van der Waals surface area contributed by atoms with Crippen molar-refractivity contribution in [2.24, 2.45) is 5.92 Å². The van der Waals surface area contributed by atoms with Crippen LogP contribution >= 0.6 is 0 Å². The second-order valence-electron chi connectivity index (χ2n) is 6.13. The molecule has 2 aromatic rings. The van der Waals surface area contributed by atoms with Crippen LogP contribution in [0.25, 0.3) is 0 Å². The zero-order valence-electron chi connectivity index (χ0n) is 14.7. The molecule has 1 unspecified atom stereocenters. The Labute approximate surface area is 147 Å². The zero-order valence-corrected chi connectivity index (χ0v) is 14.7. The van der Waals surface area contributed by atoms with Gasteiger partial charge in [-0.15, -0.1) is 0 Å². The van der Waals surface area contributed by atoms with E-state index >= 15 is 0 Å². The molecule has 25 heavy (non-hydrogen) atoms. The monoisotopic (exact) mass is 341 g/mol. The van der Waals surface area contributed by atoms with Crippen molar-refractivity contribution in [1.82, 2.24) is 0 Å². The molecular formula is C20H23NO4. The summed E-state index contributed by atoms with van der Waals surface area (Å²) in [5.41, 5.74) is 1.68. The van der Waals surface area contributed by atoms with Gasteiger partial charge in [-0.2, -0.15) is 0 Å². The van der Waals surface area contributed by atoms with E-state index in [1.54, 1.807) is 33.5 Å². The third-order valence-electron chi connectivity index (χ3n) is 4.47. The Bertz CT molecular complexity index is 716. The van der Waals surface area contributed by atoms with Crippen LogP contribution in [0.1, 0.15) is 24.3 Å². The molecule has 1 N–H and O–H groups in total. The third-order valence-corrected chi connectivity index (χ3v) is 4.47. The summed E-state index contributed by atoms with van der Waals surface area (Å²) in [5, 5.41) is 3.01. The lowest BCUT2D eigenvalue weighted by Crippen LogP contribution is -2.22. The van der Waals surface area contributed by atoms with Gasteiger partial charge in [-0.3, -0.25) is 4.79 Å². The Morgan fingerprint density at radius 3 is 2.08 bits per heavy atom. The number of carbonyl (C=O) groups is 1. The lowest BCUT2D eigenvalue weighted by Gasteiger charge is -2.18. The summed E-state index contributed by atoms with van der Waals surface area (Å²) in [5.74, 6) is 1.79. The molecule has 0 saturated heterocycles. The minimum Gasteiger partial charge on any atom is -0.493 e. The lowest BCUT2D eigenvalue weighted by atomic mass is 9.93. The van der Waals surface area contributed by atoms with Crippen LogP contribution in [-0.4, -0.2) is 27.2 Å². The van der Waals surface area contributed by atoms with E-state index in [1.165, 1.54) is 0 Å². The highest BCUT2D eigenvalue weighted by Gasteiger charge is 2.37. The van der Waals surface area contributed by atoms with Crippen LogP contribution in [-0.2, 0) is 4.79 Å². The summed E-state index contributed by atoms with van der Waals surface area (Å²) in [7, 11) is 4.66. The van der Waals surface area contributed by atoms with Gasteiger partial charge in [0.15, 0.2) is 11.5 Å². The standard InChI is InChI=1S/C20H23NO4/c1-23-16-11-15(12-17(24-2)19(16)25-3)21-20(22)18(14-9-10-14)13-7-5-4-6-8-13/h4-8,11-12,14,18H,9-10H2,1-3H3,(H,21,22). The first-order valence-corrected chi connectivity index (χ1v) is 8.33. The molecule has 2 aromatic carbocycles. The minimum atomic E-state index is -0.139. The maximum atomic E-state index is 12.9. The molecule has 5 nitrogen and oxygen atoms in total. The van der Waals surface area contributed by atoms with Crippen LogP contribution in [0.3, 0.4) is 0 Å². The Kier molecular flexibility index (Phi) is 5.12. The normalized spacial score (nSPS) is 14.5. The van der Waals surface area contributed by atoms with Crippen molar-refractivity contribution in [2.75, 3.05) is 26.6 Å². The zero-order chi connectivity index (χ0) is 17.8. The molecular weight excluding hydrogens is 318 g/mol. The molecule has 3 rings (SSSR count). The van der Waals surface area contributed by atoms with Crippen molar-refractivity contribution in [1.29, 1.82) is 0 Å². The number of benzene rings is 2. The van der Waals surface area contributed by atoms with Crippen molar-refractivity contribution in [3.05, 3.63) is 48.0 Å². The number of hydrogen-bond acceptors (Lipinski definition) is 4. The van der Waals surface area contributed by atoms with E-state index in [-0.39, 0.29) is 11.8 Å². The van der Waals surface area contributed by atoms with E-state index in [9.17, 15) is 4.79 Å². The molecule has 1 amide bonds. The summed E-state index contributed by atoms with van der Waals surface area (Å²) in [6.45, 7) is 0. The lowest BCUT2D eigenvalue weighted by molar-refractivity contribution is -0.118. The van der Waals surface area contributed by atoms with E-state index in [1.807, 2.05) is 30.3 Å². The summed E-state index contributed by atoms with van der Waals surface area (Å²) in [6, 6.07) is 13.4. The molecule has 0 aromatic heterocycles. The van der Waals surface area contributed by atoms with E-state index in [2.05, 4.69) is 5.32 Å². The topological polar surface area (TPSA) is 56.8 Å². The van der Waals surface area contributed by atoms with E-state index < -0.39 is 0 Å². The number of hydrogen-bond donors (Lipinski definition) is 1. The van der Waals surface area contributed by atoms with Crippen molar-refractivity contribution in [3.8, 4) is 17.2 Å². The SMILES string of the molecule is COc1cc(NC(=O)C(c2ccccc2)C2CC2)cc(OC)c1OC. The predicted octanol–water partition coefficient (Wildman–Crippen LogP) is 3.84. The smallest absolute Gasteiger partial charge is 0.232 e. The fourth-order valence-corrected chi connectivity index (χ4v) is 3.10. The number of methoxy groups -OCH3 is 3. The average Bonchev–Trinajstić information content (AvgIpc) is 3.46. The molecule has 0 bridgehead atoms. The molecule has 0 spiro atoms. The number of anilines is 1. The second-order valence-corrected chi connectivity index (χ2v) is 6.13. The summed E-state index contributed by atoms with van der Waals surface area (Å²) in [6.07, 6.45) is 2.17. The van der Waals surface area contributed by atoms with Crippen molar-refractivity contribution < 1.29 is 19.0 Å². The number of ether oxygens (including phenoxy) is 3. The maximum absolute atomic E-state index is 12.9. The number of nitrogens with one attached hydrogen (secondary N) is 1. The Hall–Kier alpha value is -2.69. The van der Waals surface area contributed by atoms with Gasteiger partial charge in [0.25, 0.3) is 0 Å². The average molecular weight is 341 g/mol. The van der Waals surface area contributed by atoms with Crippen molar-refractivity contribution >= 4 is 11.6 Å². The first-order valence-electron chi connectivity index (χ1n) is 8.33. The van der Waals surface area contributed by atoms with Gasteiger partial charge in [0, 0.05) is 17.8 Å². The van der Waals surface area contributed by atoms with Crippen molar-refractivity contribution in [2.45, 2.75) is 18.8 Å². The van der Waals surface area contributed by atoms with Gasteiger partial charge in [0.2, 0.25) is 11.7 Å². The number of rotatable bonds is 7. The van der Waals surface area contributed by atoms with Gasteiger partial charge >= 0.3 is 0 Å². The van der Waals surface area contributed by atoms with Gasteiger partial charge in [0.1, 0.15) is 0 Å². The molecule has 1 aliphatic carbocycles. The van der Waals surface area contributed by atoms with Gasteiger partial charge in [-0.25, -0.2) is 0 Å². The molecule has 0 aliphatic heterocycles. The molecule has 0 radical (unpaired) electrons. The van der Waals surface area contributed by atoms with Gasteiger partial charge < -0.3 is 19.5 Å². The van der Waals surface area contributed by atoms with E-state index in [0.29, 0.717) is 28.9 Å². The summed E-state index contributed by atoms with van der Waals surface area (Å²) in [4.78, 5) is 12.9. The highest BCUT2D eigenvalue weighted by molar-refractivity contribution is 5.97. The number of amides is 1. The number of carbonyl (C=O) groups excluding carboxylic acids is 1. The van der Waals surface area contributed by atoms with Crippen LogP contribution in [0.4, 0.5) is 5.69 Å². The fourth-order valence-electron chi connectivity index (χ4n) is 3.10. The first-order chi connectivity index (χ1) is 12.2. The molecule has 1 saturated carbocycles. The maximum Gasteiger partial charge on any atom is 0.232 e. The van der Waals surface area contributed by atoms with E-state index in [0.717, 1.165) is 18.4 Å². The minimum absolute atomic E-state index is 0.0111. The van der Waals surface area contributed by atoms with Crippen LogP contribution < -0.4 is 19.5 Å². The van der Waals surface area contributed by atoms with Gasteiger partial charge in [-0.05, 0) is 24.3 Å². The summed E-state index contributed by atoms with van der Waals surface area (Å²) >= 11 is 0. The van der Waals surface area contributed by atoms with Gasteiger partial charge in [-0.1, -0.05) is 30.3 Å². The Morgan fingerprint density at radius 1 is 1.00 bits per heavy atom. The molecule has 1 aliphatic rings. The molecule has 1 atom stereocenters. The van der Waals surface area contributed by atoms with Crippen molar-refractivity contribution in [3.63, 3.8) is 0 Å². The molecule has 132 valence electrons. The Balaban J connectivity index is 1.87. The highest BCUT2D eigenvalue weighted by Crippen LogP contribution is 2.44. The van der Waals surface area contributed by atoms with Crippen LogP contribution in [0.5, 0.6) is 17.2 Å². The molecule has 5 heteroatoms. The largest absolute Gasteiger partial charge is 0.493 e. The third kappa shape index (κ3) is 3.71. The van der Waals surface area contributed by atoms with Gasteiger partial charge in [0.05, 0.1) is 27.2 Å². The highest BCUT2D eigenvalue weighted by atomic mass is 16.5. The molecule has 1 fully saturated rings. The summed E-state index contributed by atoms with van der Waals surface area (Å²) < 4.78 is 16.0.